The van der Waals surface area contributed by atoms with Crippen molar-refractivity contribution in [3.05, 3.63) is 134 Å². The summed E-state index contributed by atoms with van der Waals surface area (Å²) in [7, 11) is 0. The second-order valence-corrected chi connectivity index (χ2v) is 19.5. The van der Waals surface area contributed by atoms with Gasteiger partial charge in [0.1, 0.15) is 13.2 Å². The van der Waals surface area contributed by atoms with Gasteiger partial charge in [-0.1, -0.05) is 257 Å². The molecule has 0 fully saturated rings. The SMILES string of the molecule is CC/C=C\C/C=C\C/C=C\C/C=C\C/C=C\C/C=C\C/C=C\CCCCCCCCCCCCCCCC(=O)OCC(COC(=O)CCCCCCCC)OC(=O)CCCC/C=C\C/C=C\C/C=C\C/C=C\CC. The standard InChI is InChI=1S/C68H110O6/c1-4-7-10-13-16-18-20-22-24-25-26-27-28-29-30-31-32-33-34-35-36-37-38-39-40-41-42-43-45-46-48-50-52-55-58-61-67(70)73-64-65(63-72-66(69)60-57-54-15-12-9-6-3)74-68(71)62-59-56-53-51-49-47-44-23-21-19-17-14-11-8-5-2/h7-8,10-11,16-19,22-24,26-27,29-30,32-33,35-36,44,49,51,65H,4-6,9,12-15,20-21,25,28,31,34,37-43,45-48,50,52-64H2,1-3H3/b10-7-,11-8-,18-16-,19-17-,24-22-,27-26-,30-29-,33-32-,36-35-,44-23-,51-49-. The van der Waals surface area contributed by atoms with E-state index in [4.69, 9.17) is 14.2 Å². The number of carbonyl (C=O) groups is 3. The Kier molecular flexibility index (Phi) is 57.4. The molecule has 0 aromatic rings. The average molecular weight is 1020 g/mol. The van der Waals surface area contributed by atoms with Gasteiger partial charge in [-0.15, -0.1) is 0 Å². The third-order valence-corrected chi connectivity index (χ3v) is 12.4. The van der Waals surface area contributed by atoms with Crippen LogP contribution in [0.2, 0.25) is 0 Å². The largest absolute Gasteiger partial charge is 0.462 e. The minimum Gasteiger partial charge on any atom is -0.462 e. The first-order valence-electron chi connectivity index (χ1n) is 30.2. The highest BCUT2D eigenvalue weighted by atomic mass is 16.6. The highest BCUT2D eigenvalue weighted by Crippen LogP contribution is 2.15. The van der Waals surface area contributed by atoms with Crippen molar-refractivity contribution in [1.29, 1.82) is 0 Å². The molecule has 0 amide bonds. The summed E-state index contributed by atoms with van der Waals surface area (Å²) in [5.41, 5.74) is 0. The van der Waals surface area contributed by atoms with Crippen molar-refractivity contribution in [2.45, 2.75) is 264 Å². The van der Waals surface area contributed by atoms with Crippen LogP contribution in [0, 0.1) is 0 Å². The number of allylic oxidation sites excluding steroid dienone is 22. The van der Waals surface area contributed by atoms with Crippen molar-refractivity contribution in [2.75, 3.05) is 13.2 Å². The third-order valence-electron chi connectivity index (χ3n) is 12.4. The Morgan fingerprint density at radius 1 is 0.284 bits per heavy atom. The summed E-state index contributed by atoms with van der Waals surface area (Å²) in [6, 6.07) is 0. The normalized spacial score (nSPS) is 13.1. The number of hydrogen-bond donors (Lipinski definition) is 0. The van der Waals surface area contributed by atoms with Gasteiger partial charge in [-0.3, -0.25) is 14.4 Å². The van der Waals surface area contributed by atoms with Gasteiger partial charge >= 0.3 is 17.9 Å². The maximum absolute atomic E-state index is 12.8. The van der Waals surface area contributed by atoms with Gasteiger partial charge < -0.3 is 14.2 Å². The maximum Gasteiger partial charge on any atom is 0.306 e. The van der Waals surface area contributed by atoms with Crippen molar-refractivity contribution in [1.82, 2.24) is 0 Å². The van der Waals surface area contributed by atoms with Crippen LogP contribution in [0.4, 0.5) is 0 Å². The molecule has 0 rings (SSSR count). The lowest BCUT2D eigenvalue weighted by Crippen LogP contribution is -2.30. The Labute approximate surface area is 455 Å². The van der Waals surface area contributed by atoms with Crippen LogP contribution in [0.1, 0.15) is 258 Å². The molecule has 0 N–H and O–H groups in total. The molecule has 0 bridgehead atoms. The van der Waals surface area contributed by atoms with Crippen LogP contribution < -0.4 is 0 Å². The lowest BCUT2D eigenvalue weighted by Gasteiger charge is -2.18. The first kappa shape index (κ1) is 69.5. The van der Waals surface area contributed by atoms with Crippen LogP contribution in [0.5, 0.6) is 0 Å². The molecule has 0 aromatic heterocycles. The van der Waals surface area contributed by atoms with Crippen molar-refractivity contribution in [2.24, 2.45) is 0 Å². The van der Waals surface area contributed by atoms with E-state index in [-0.39, 0.29) is 37.5 Å². The second kappa shape index (κ2) is 61.1. The quantitative estimate of drug-likeness (QED) is 0.0261. The topological polar surface area (TPSA) is 78.9 Å². The van der Waals surface area contributed by atoms with E-state index in [9.17, 15) is 14.4 Å². The fourth-order valence-electron chi connectivity index (χ4n) is 7.94. The van der Waals surface area contributed by atoms with Crippen LogP contribution in [0.3, 0.4) is 0 Å². The molecule has 418 valence electrons. The predicted octanol–water partition coefficient (Wildman–Crippen LogP) is 20.6. The fraction of sp³-hybridized carbons (Fsp3) is 0.632. The summed E-state index contributed by atoms with van der Waals surface area (Å²) in [6.45, 7) is 6.30. The Balaban J connectivity index is 4.06. The second-order valence-electron chi connectivity index (χ2n) is 19.5. The third kappa shape index (κ3) is 58.4. The Bertz CT molecular complexity index is 1600. The molecule has 0 aliphatic carbocycles. The average Bonchev–Trinajstić information content (AvgIpc) is 3.40. The van der Waals surface area contributed by atoms with Gasteiger partial charge in [0.15, 0.2) is 6.10 Å². The van der Waals surface area contributed by atoms with Gasteiger partial charge in [0, 0.05) is 19.3 Å². The first-order valence-corrected chi connectivity index (χ1v) is 30.2. The zero-order valence-corrected chi connectivity index (χ0v) is 47.8. The van der Waals surface area contributed by atoms with E-state index in [0.29, 0.717) is 19.3 Å². The smallest absolute Gasteiger partial charge is 0.306 e. The summed E-state index contributed by atoms with van der Waals surface area (Å²) in [5.74, 6) is -0.952. The summed E-state index contributed by atoms with van der Waals surface area (Å²) in [6.07, 6.45) is 86.4. The summed E-state index contributed by atoms with van der Waals surface area (Å²) in [5, 5.41) is 0. The molecule has 0 aromatic carbocycles. The zero-order chi connectivity index (χ0) is 53.6. The van der Waals surface area contributed by atoms with E-state index < -0.39 is 6.10 Å². The molecule has 74 heavy (non-hydrogen) atoms. The van der Waals surface area contributed by atoms with Gasteiger partial charge in [-0.2, -0.15) is 0 Å². The lowest BCUT2D eigenvalue weighted by atomic mass is 10.0. The molecule has 0 heterocycles. The Morgan fingerprint density at radius 2 is 0.527 bits per heavy atom. The van der Waals surface area contributed by atoms with Crippen LogP contribution in [-0.2, 0) is 28.6 Å². The molecule has 1 atom stereocenters. The van der Waals surface area contributed by atoms with Gasteiger partial charge in [0.05, 0.1) is 0 Å². The number of hydrogen-bond acceptors (Lipinski definition) is 6. The minimum absolute atomic E-state index is 0.0965. The Morgan fingerprint density at radius 3 is 0.851 bits per heavy atom. The molecule has 0 saturated carbocycles. The summed E-state index contributed by atoms with van der Waals surface area (Å²) in [4.78, 5) is 37.8. The maximum atomic E-state index is 12.8. The zero-order valence-electron chi connectivity index (χ0n) is 47.8. The number of unbranched alkanes of at least 4 members (excludes halogenated alkanes) is 20. The van der Waals surface area contributed by atoms with Gasteiger partial charge in [0.2, 0.25) is 0 Å². The summed E-state index contributed by atoms with van der Waals surface area (Å²) >= 11 is 0. The molecular weight excluding hydrogens is 913 g/mol. The fourth-order valence-corrected chi connectivity index (χ4v) is 7.94. The molecule has 0 saturated heterocycles. The first-order chi connectivity index (χ1) is 36.5. The van der Waals surface area contributed by atoms with Crippen molar-refractivity contribution in [3.63, 3.8) is 0 Å². The van der Waals surface area contributed by atoms with E-state index in [1.165, 1.54) is 89.9 Å². The van der Waals surface area contributed by atoms with Crippen molar-refractivity contribution >= 4 is 17.9 Å². The minimum atomic E-state index is -0.799. The number of carbonyl (C=O) groups excluding carboxylic acids is 3. The van der Waals surface area contributed by atoms with E-state index in [1.54, 1.807) is 0 Å². The van der Waals surface area contributed by atoms with E-state index in [1.807, 2.05) is 0 Å². The Hall–Kier alpha value is -4.45. The van der Waals surface area contributed by atoms with Crippen LogP contribution in [0.25, 0.3) is 0 Å². The summed E-state index contributed by atoms with van der Waals surface area (Å²) < 4.78 is 16.7. The molecule has 0 aliphatic rings. The lowest BCUT2D eigenvalue weighted by molar-refractivity contribution is -0.167. The molecule has 6 heteroatoms. The molecule has 0 aliphatic heterocycles. The van der Waals surface area contributed by atoms with Crippen LogP contribution in [0.15, 0.2) is 134 Å². The number of esters is 3. The molecule has 0 spiro atoms. The highest BCUT2D eigenvalue weighted by Gasteiger charge is 2.19. The van der Waals surface area contributed by atoms with Crippen molar-refractivity contribution < 1.29 is 28.6 Å². The molecule has 1 unspecified atom stereocenters. The molecule has 0 radical (unpaired) electrons. The predicted molar refractivity (Wildman–Crippen MR) is 320 cm³/mol. The van der Waals surface area contributed by atoms with Crippen LogP contribution in [-0.4, -0.2) is 37.2 Å². The number of ether oxygens (including phenoxy) is 3. The molecular formula is C68H110O6. The monoisotopic (exact) mass is 1020 g/mol. The van der Waals surface area contributed by atoms with E-state index >= 15 is 0 Å². The van der Waals surface area contributed by atoms with Gasteiger partial charge in [-0.05, 0) is 116 Å². The van der Waals surface area contributed by atoms with E-state index in [2.05, 4.69) is 154 Å². The molecule has 6 nitrogen and oxygen atoms in total. The van der Waals surface area contributed by atoms with Gasteiger partial charge in [0.25, 0.3) is 0 Å². The van der Waals surface area contributed by atoms with E-state index in [0.717, 1.165) is 122 Å². The highest BCUT2D eigenvalue weighted by molar-refractivity contribution is 5.71. The van der Waals surface area contributed by atoms with Crippen LogP contribution >= 0.6 is 0 Å². The van der Waals surface area contributed by atoms with Crippen molar-refractivity contribution in [3.8, 4) is 0 Å². The van der Waals surface area contributed by atoms with Gasteiger partial charge in [-0.25, -0.2) is 0 Å². The number of rotatable bonds is 53.